The van der Waals surface area contributed by atoms with E-state index in [1.54, 1.807) is 16.2 Å². The Morgan fingerprint density at radius 3 is 2.88 bits per heavy atom. The van der Waals surface area contributed by atoms with Crippen LogP contribution in [0.1, 0.15) is 29.1 Å². The van der Waals surface area contributed by atoms with E-state index in [4.69, 9.17) is 0 Å². The summed E-state index contributed by atoms with van der Waals surface area (Å²) in [5, 5.41) is 2.02. The summed E-state index contributed by atoms with van der Waals surface area (Å²) >= 11 is 5.01. The number of hydrogen-bond donors (Lipinski definition) is 0. The van der Waals surface area contributed by atoms with E-state index >= 15 is 0 Å². The van der Waals surface area contributed by atoms with E-state index in [0.29, 0.717) is 13.0 Å². The Balaban J connectivity index is 2.34. The Morgan fingerprint density at radius 1 is 1.56 bits per heavy atom. The molecule has 0 bridgehead atoms. The van der Waals surface area contributed by atoms with Crippen molar-refractivity contribution in [2.75, 3.05) is 12.4 Å². The number of unbranched alkanes of at least 4 members (excludes halogenated alkanes) is 1. The van der Waals surface area contributed by atoms with Crippen LogP contribution in [0.5, 0.6) is 0 Å². The zero-order valence-corrected chi connectivity index (χ0v) is 12.1. The van der Waals surface area contributed by atoms with Gasteiger partial charge in [-0.05, 0) is 19.8 Å². The zero-order valence-electron chi connectivity index (χ0n) is 9.70. The summed E-state index contributed by atoms with van der Waals surface area (Å²) in [7, 11) is 1.85. The summed E-state index contributed by atoms with van der Waals surface area (Å²) in [6, 6.07) is 0. The molecule has 1 amide bonds. The quantitative estimate of drug-likeness (QED) is 0.598. The van der Waals surface area contributed by atoms with Crippen LogP contribution in [0.25, 0.3) is 0 Å². The Hall–Kier alpha value is -0.420. The number of carbonyl (C=O) groups is 1. The molecular formula is C11H17BrN2OS. The minimum Gasteiger partial charge on any atom is -0.341 e. The zero-order chi connectivity index (χ0) is 12.0. The van der Waals surface area contributed by atoms with Crippen molar-refractivity contribution in [2.45, 2.75) is 32.7 Å². The second kappa shape index (κ2) is 7.01. The summed E-state index contributed by atoms with van der Waals surface area (Å²) in [4.78, 5) is 18.8. The molecule has 1 rings (SSSR count). The van der Waals surface area contributed by atoms with Crippen LogP contribution < -0.4 is 0 Å². The number of aromatic nitrogens is 1. The van der Waals surface area contributed by atoms with E-state index < -0.39 is 0 Å². The van der Waals surface area contributed by atoms with E-state index in [0.717, 1.165) is 28.1 Å². The van der Waals surface area contributed by atoms with Crippen LogP contribution in [-0.2, 0) is 11.3 Å². The van der Waals surface area contributed by atoms with Crippen molar-refractivity contribution < 1.29 is 4.79 Å². The molecule has 0 unspecified atom stereocenters. The number of nitrogens with zero attached hydrogens (tertiary/aromatic N) is 2. The van der Waals surface area contributed by atoms with Crippen LogP contribution in [0.4, 0.5) is 0 Å². The highest BCUT2D eigenvalue weighted by Gasteiger charge is 2.09. The fraction of sp³-hybridized carbons (Fsp3) is 0.636. The number of alkyl halides is 1. The molecule has 1 heterocycles. The molecule has 90 valence electrons. The summed E-state index contributed by atoms with van der Waals surface area (Å²) < 4.78 is 0. The molecule has 0 radical (unpaired) electrons. The lowest BCUT2D eigenvalue weighted by Crippen LogP contribution is -2.25. The first-order valence-corrected chi connectivity index (χ1v) is 7.28. The van der Waals surface area contributed by atoms with Gasteiger partial charge in [-0.3, -0.25) is 4.79 Å². The third-order valence-electron chi connectivity index (χ3n) is 2.26. The van der Waals surface area contributed by atoms with Gasteiger partial charge in [-0.2, -0.15) is 0 Å². The first-order valence-electron chi connectivity index (χ1n) is 5.34. The summed E-state index contributed by atoms with van der Waals surface area (Å²) in [5.41, 5.74) is 0. The minimum atomic E-state index is 0.215. The predicted octanol–water partition coefficient (Wildman–Crippen LogP) is 2.98. The summed E-state index contributed by atoms with van der Waals surface area (Å²) in [6.07, 6.45) is 4.50. The Morgan fingerprint density at radius 2 is 2.31 bits per heavy atom. The lowest BCUT2D eigenvalue weighted by molar-refractivity contribution is -0.130. The third-order valence-corrected chi connectivity index (χ3v) is 3.72. The number of carbonyl (C=O) groups excluding carboxylic acids is 1. The van der Waals surface area contributed by atoms with Gasteiger partial charge in [-0.25, -0.2) is 4.98 Å². The molecule has 0 spiro atoms. The Kier molecular flexibility index (Phi) is 5.98. The second-order valence-electron chi connectivity index (χ2n) is 3.74. The summed E-state index contributed by atoms with van der Waals surface area (Å²) in [6.45, 7) is 2.66. The topological polar surface area (TPSA) is 33.2 Å². The third kappa shape index (κ3) is 4.61. The molecule has 0 aliphatic rings. The van der Waals surface area contributed by atoms with Gasteiger partial charge in [0.1, 0.15) is 0 Å². The maximum Gasteiger partial charge on any atom is 0.222 e. The van der Waals surface area contributed by atoms with E-state index in [2.05, 4.69) is 20.9 Å². The van der Waals surface area contributed by atoms with Gasteiger partial charge >= 0.3 is 0 Å². The molecule has 0 aliphatic heterocycles. The monoisotopic (exact) mass is 304 g/mol. The van der Waals surface area contributed by atoms with Crippen LogP contribution in [-0.4, -0.2) is 28.2 Å². The van der Waals surface area contributed by atoms with Crippen LogP contribution in [0.3, 0.4) is 0 Å². The van der Waals surface area contributed by atoms with Crippen LogP contribution in [0.15, 0.2) is 6.20 Å². The van der Waals surface area contributed by atoms with Gasteiger partial charge < -0.3 is 4.90 Å². The number of amides is 1. The fourth-order valence-corrected chi connectivity index (χ4v) is 2.61. The highest BCUT2D eigenvalue weighted by atomic mass is 79.9. The van der Waals surface area contributed by atoms with Crippen LogP contribution in [0.2, 0.25) is 0 Å². The van der Waals surface area contributed by atoms with Gasteiger partial charge in [0.05, 0.1) is 11.6 Å². The highest BCUT2D eigenvalue weighted by molar-refractivity contribution is 9.09. The Labute approximate surface area is 109 Å². The molecule has 3 nitrogen and oxygen atoms in total. The van der Waals surface area contributed by atoms with Gasteiger partial charge in [0, 0.05) is 29.9 Å². The number of hydrogen-bond acceptors (Lipinski definition) is 3. The molecule has 0 aliphatic carbocycles. The van der Waals surface area contributed by atoms with Gasteiger partial charge in [-0.1, -0.05) is 15.9 Å². The molecule has 0 aromatic carbocycles. The fourth-order valence-electron chi connectivity index (χ4n) is 1.36. The average Bonchev–Trinajstić information content (AvgIpc) is 2.64. The van der Waals surface area contributed by atoms with Gasteiger partial charge in [0.25, 0.3) is 0 Å². The van der Waals surface area contributed by atoms with Crippen molar-refractivity contribution in [1.29, 1.82) is 0 Å². The second-order valence-corrected chi connectivity index (χ2v) is 5.85. The number of halogens is 1. The maximum absolute atomic E-state index is 11.7. The molecule has 16 heavy (non-hydrogen) atoms. The maximum atomic E-state index is 11.7. The average molecular weight is 305 g/mol. The minimum absolute atomic E-state index is 0.215. The van der Waals surface area contributed by atoms with Gasteiger partial charge in [0.15, 0.2) is 0 Å². The normalized spacial score (nSPS) is 10.4. The van der Waals surface area contributed by atoms with Crippen molar-refractivity contribution in [1.82, 2.24) is 9.88 Å². The van der Waals surface area contributed by atoms with E-state index in [1.807, 2.05) is 20.2 Å². The standard InChI is InChI=1S/C11H17BrN2OS/c1-9-13-7-10(16-9)8-14(2)11(15)5-3-4-6-12/h7H,3-6,8H2,1-2H3. The number of thiazole rings is 1. The molecule has 0 saturated carbocycles. The molecule has 1 aromatic heterocycles. The molecule has 0 N–H and O–H groups in total. The molecule has 1 aromatic rings. The van der Waals surface area contributed by atoms with Gasteiger partial charge in [-0.15, -0.1) is 11.3 Å². The smallest absolute Gasteiger partial charge is 0.222 e. The predicted molar refractivity (Wildman–Crippen MR) is 71.0 cm³/mol. The molecular weight excluding hydrogens is 288 g/mol. The van der Waals surface area contributed by atoms with Crippen LogP contribution >= 0.6 is 27.3 Å². The van der Waals surface area contributed by atoms with Crippen molar-refractivity contribution in [3.63, 3.8) is 0 Å². The van der Waals surface area contributed by atoms with Crippen molar-refractivity contribution in [3.8, 4) is 0 Å². The molecule has 0 fully saturated rings. The molecule has 0 saturated heterocycles. The largest absolute Gasteiger partial charge is 0.341 e. The SMILES string of the molecule is Cc1ncc(CN(C)C(=O)CCCCBr)s1. The van der Waals surface area contributed by atoms with Crippen molar-refractivity contribution >= 4 is 33.2 Å². The van der Waals surface area contributed by atoms with E-state index in [1.165, 1.54) is 0 Å². The van der Waals surface area contributed by atoms with Crippen LogP contribution in [0, 0.1) is 6.92 Å². The molecule has 5 heteroatoms. The number of aryl methyl sites for hydroxylation is 1. The van der Waals surface area contributed by atoms with Gasteiger partial charge in [0.2, 0.25) is 5.91 Å². The lowest BCUT2D eigenvalue weighted by Gasteiger charge is -2.15. The van der Waals surface area contributed by atoms with Crippen molar-refractivity contribution in [2.24, 2.45) is 0 Å². The van der Waals surface area contributed by atoms with Crippen molar-refractivity contribution in [3.05, 3.63) is 16.1 Å². The molecule has 0 atom stereocenters. The number of rotatable bonds is 6. The highest BCUT2D eigenvalue weighted by Crippen LogP contribution is 2.14. The first-order chi connectivity index (χ1) is 7.63. The summed E-state index contributed by atoms with van der Waals surface area (Å²) in [5.74, 6) is 0.215. The van der Waals surface area contributed by atoms with E-state index in [9.17, 15) is 4.79 Å². The lowest BCUT2D eigenvalue weighted by atomic mass is 10.2. The van der Waals surface area contributed by atoms with E-state index in [-0.39, 0.29) is 5.91 Å². The first kappa shape index (κ1) is 13.6. The Bertz CT molecular complexity index is 340.